The average molecular weight is 270 g/mol. The van der Waals surface area contributed by atoms with Crippen molar-refractivity contribution in [3.63, 3.8) is 0 Å². The summed E-state index contributed by atoms with van der Waals surface area (Å²) >= 11 is 5.76. The van der Waals surface area contributed by atoms with E-state index in [9.17, 15) is 14.9 Å². The molecule has 1 aliphatic rings. The minimum Gasteiger partial charge on any atom is -0.461 e. The summed E-state index contributed by atoms with van der Waals surface area (Å²) in [7, 11) is 0. The van der Waals surface area contributed by atoms with Crippen LogP contribution < -0.4 is 0 Å². The topological polar surface area (TPSA) is 69.4 Å². The van der Waals surface area contributed by atoms with Crippen LogP contribution in [0.3, 0.4) is 0 Å². The van der Waals surface area contributed by atoms with Gasteiger partial charge in [0, 0.05) is 16.4 Å². The number of ether oxygens (including phenoxy) is 1. The van der Waals surface area contributed by atoms with E-state index in [0.29, 0.717) is 5.02 Å². The summed E-state index contributed by atoms with van der Waals surface area (Å²) in [5.74, 6) is -1.18. The lowest BCUT2D eigenvalue weighted by Crippen LogP contribution is -2.35. The summed E-state index contributed by atoms with van der Waals surface area (Å²) in [5.41, 5.74) is -0.867. The van der Waals surface area contributed by atoms with E-state index in [2.05, 4.69) is 0 Å². The summed E-state index contributed by atoms with van der Waals surface area (Å²) in [4.78, 5) is 22.3. The Morgan fingerprint density at radius 2 is 2.17 bits per heavy atom. The number of rotatable bonds is 4. The van der Waals surface area contributed by atoms with Gasteiger partial charge in [0.25, 0.3) is 0 Å². The van der Waals surface area contributed by atoms with E-state index in [1.807, 2.05) is 0 Å². The minimum atomic E-state index is -1.61. The third kappa shape index (κ3) is 1.95. The van der Waals surface area contributed by atoms with Crippen molar-refractivity contribution in [3.05, 3.63) is 45.0 Å². The minimum absolute atomic E-state index is 0.141. The van der Waals surface area contributed by atoms with Gasteiger partial charge in [0.15, 0.2) is 0 Å². The van der Waals surface area contributed by atoms with Crippen LogP contribution in [0.4, 0.5) is 0 Å². The van der Waals surface area contributed by atoms with Crippen molar-refractivity contribution < 1.29 is 14.5 Å². The average Bonchev–Trinajstić information content (AvgIpc) is 3.07. The van der Waals surface area contributed by atoms with Crippen molar-refractivity contribution in [2.75, 3.05) is 6.61 Å². The van der Waals surface area contributed by atoms with Gasteiger partial charge in [-0.1, -0.05) is 23.7 Å². The lowest BCUT2D eigenvalue weighted by atomic mass is 10.1. The Balaban J connectivity index is 2.25. The van der Waals surface area contributed by atoms with Crippen molar-refractivity contribution >= 4 is 17.6 Å². The molecule has 5 nitrogen and oxygen atoms in total. The fraction of sp³-hybridized carbons (Fsp3) is 0.417. The van der Waals surface area contributed by atoms with Gasteiger partial charge in [-0.2, -0.15) is 0 Å². The van der Waals surface area contributed by atoms with Crippen LogP contribution in [0.25, 0.3) is 0 Å². The molecule has 0 bridgehead atoms. The zero-order valence-electron chi connectivity index (χ0n) is 9.76. The standard InChI is InChI=1S/C12H12ClNO4/c1-2-18-11(15)12(14(16)17)7-10(12)8-3-5-9(13)6-4-8/h3-6,10H,2,7H2,1H3. The molecule has 1 aliphatic carbocycles. The molecule has 2 unspecified atom stereocenters. The molecule has 0 aliphatic heterocycles. The van der Waals surface area contributed by atoms with Crippen LogP contribution in [0.1, 0.15) is 24.8 Å². The smallest absolute Gasteiger partial charge is 0.385 e. The Morgan fingerprint density at radius 1 is 1.56 bits per heavy atom. The number of hydrogen-bond acceptors (Lipinski definition) is 4. The molecule has 1 fully saturated rings. The van der Waals surface area contributed by atoms with Crippen LogP contribution in [0.5, 0.6) is 0 Å². The molecule has 0 amide bonds. The quantitative estimate of drug-likeness (QED) is 0.478. The molecule has 2 rings (SSSR count). The van der Waals surface area contributed by atoms with Gasteiger partial charge >= 0.3 is 11.5 Å². The number of benzene rings is 1. The molecule has 96 valence electrons. The highest BCUT2D eigenvalue weighted by atomic mass is 35.5. The first-order valence-electron chi connectivity index (χ1n) is 5.59. The predicted octanol–water partition coefficient (Wildman–Crippen LogP) is 2.41. The highest BCUT2D eigenvalue weighted by molar-refractivity contribution is 6.30. The predicted molar refractivity (Wildman–Crippen MR) is 65.2 cm³/mol. The molecule has 1 aromatic rings. The van der Waals surface area contributed by atoms with E-state index in [4.69, 9.17) is 16.3 Å². The first-order chi connectivity index (χ1) is 8.52. The molecule has 0 spiro atoms. The number of carbonyl (C=O) groups is 1. The van der Waals surface area contributed by atoms with E-state index >= 15 is 0 Å². The van der Waals surface area contributed by atoms with Gasteiger partial charge in [-0.3, -0.25) is 10.1 Å². The van der Waals surface area contributed by atoms with Crippen LogP contribution in [0.2, 0.25) is 5.02 Å². The molecule has 1 saturated carbocycles. The van der Waals surface area contributed by atoms with E-state index in [-0.39, 0.29) is 13.0 Å². The largest absolute Gasteiger partial charge is 0.461 e. The normalized spacial score (nSPS) is 25.6. The molecule has 18 heavy (non-hydrogen) atoms. The number of hydrogen-bond donors (Lipinski definition) is 0. The maximum absolute atomic E-state index is 11.7. The summed E-state index contributed by atoms with van der Waals surface area (Å²) < 4.78 is 4.80. The van der Waals surface area contributed by atoms with Gasteiger partial charge in [-0.15, -0.1) is 0 Å². The number of esters is 1. The number of halogens is 1. The van der Waals surface area contributed by atoms with Crippen molar-refractivity contribution in [2.24, 2.45) is 0 Å². The van der Waals surface area contributed by atoms with Crippen LogP contribution in [-0.4, -0.2) is 23.0 Å². The molecule has 0 aromatic heterocycles. The molecule has 6 heteroatoms. The Hall–Kier alpha value is -1.62. The van der Waals surface area contributed by atoms with Crippen LogP contribution in [-0.2, 0) is 9.53 Å². The van der Waals surface area contributed by atoms with Crippen LogP contribution >= 0.6 is 11.6 Å². The summed E-state index contributed by atoms with van der Waals surface area (Å²) in [6.45, 7) is 1.77. The SMILES string of the molecule is CCOC(=O)C1([N+](=O)[O-])CC1c1ccc(Cl)cc1. The molecular formula is C12H12ClNO4. The van der Waals surface area contributed by atoms with Gasteiger partial charge in [0.2, 0.25) is 0 Å². The Bertz CT molecular complexity index is 487. The third-order valence-electron chi connectivity index (χ3n) is 3.16. The Morgan fingerprint density at radius 3 is 2.67 bits per heavy atom. The second kappa shape index (κ2) is 4.57. The molecule has 2 atom stereocenters. The Labute approximate surface area is 109 Å². The fourth-order valence-corrected chi connectivity index (χ4v) is 2.22. The highest BCUT2D eigenvalue weighted by Gasteiger charge is 2.73. The van der Waals surface area contributed by atoms with E-state index in [0.717, 1.165) is 5.56 Å². The van der Waals surface area contributed by atoms with Crippen molar-refractivity contribution in [1.82, 2.24) is 0 Å². The van der Waals surface area contributed by atoms with Gasteiger partial charge < -0.3 is 4.74 Å². The van der Waals surface area contributed by atoms with E-state index in [1.54, 1.807) is 31.2 Å². The first-order valence-corrected chi connectivity index (χ1v) is 5.97. The van der Waals surface area contributed by atoms with Gasteiger partial charge in [-0.05, 0) is 24.6 Å². The fourth-order valence-electron chi connectivity index (χ4n) is 2.10. The second-order valence-corrected chi connectivity index (χ2v) is 4.65. The monoisotopic (exact) mass is 269 g/mol. The number of nitrogens with zero attached hydrogens (tertiary/aromatic N) is 1. The number of nitro groups is 1. The van der Waals surface area contributed by atoms with E-state index in [1.165, 1.54) is 0 Å². The second-order valence-electron chi connectivity index (χ2n) is 4.21. The summed E-state index contributed by atoms with van der Waals surface area (Å²) in [6, 6.07) is 6.73. The summed E-state index contributed by atoms with van der Waals surface area (Å²) in [6.07, 6.45) is 0.181. The van der Waals surface area contributed by atoms with Gasteiger partial charge in [0.05, 0.1) is 12.5 Å². The molecule has 0 saturated heterocycles. The molecule has 0 radical (unpaired) electrons. The Kier molecular flexibility index (Phi) is 3.26. The highest BCUT2D eigenvalue weighted by Crippen LogP contribution is 2.54. The first kappa shape index (κ1) is 12.8. The van der Waals surface area contributed by atoms with E-state index < -0.39 is 22.3 Å². The third-order valence-corrected chi connectivity index (χ3v) is 3.41. The number of carbonyl (C=O) groups excluding carboxylic acids is 1. The van der Waals surface area contributed by atoms with Crippen molar-refractivity contribution in [1.29, 1.82) is 0 Å². The van der Waals surface area contributed by atoms with Gasteiger partial charge in [0.1, 0.15) is 0 Å². The van der Waals surface area contributed by atoms with Gasteiger partial charge in [-0.25, -0.2) is 4.79 Å². The summed E-state index contributed by atoms with van der Waals surface area (Å²) in [5, 5.41) is 11.7. The molecule has 1 aromatic carbocycles. The van der Waals surface area contributed by atoms with Crippen LogP contribution in [0.15, 0.2) is 24.3 Å². The van der Waals surface area contributed by atoms with Crippen molar-refractivity contribution in [3.8, 4) is 0 Å². The van der Waals surface area contributed by atoms with Crippen LogP contribution in [0, 0.1) is 10.1 Å². The molecular weight excluding hydrogens is 258 g/mol. The maximum atomic E-state index is 11.7. The van der Waals surface area contributed by atoms with Crippen molar-refractivity contribution in [2.45, 2.75) is 24.8 Å². The molecule has 0 N–H and O–H groups in total. The maximum Gasteiger partial charge on any atom is 0.385 e. The zero-order valence-corrected chi connectivity index (χ0v) is 10.5. The lowest BCUT2D eigenvalue weighted by Gasteiger charge is -2.08. The molecule has 0 heterocycles. The zero-order chi connectivity index (χ0) is 13.3. The lowest BCUT2D eigenvalue weighted by molar-refractivity contribution is -0.527.